The lowest BCUT2D eigenvalue weighted by molar-refractivity contribution is 0.408. The summed E-state index contributed by atoms with van der Waals surface area (Å²) in [4.78, 5) is 2.01. The van der Waals surface area contributed by atoms with Crippen LogP contribution in [-0.2, 0) is 0 Å². The molecule has 1 aromatic heterocycles. The van der Waals surface area contributed by atoms with Crippen molar-refractivity contribution < 1.29 is 0 Å². The van der Waals surface area contributed by atoms with Crippen LogP contribution in [0.5, 0.6) is 0 Å². The predicted molar refractivity (Wildman–Crippen MR) is 77.5 cm³/mol. The lowest BCUT2D eigenvalue weighted by atomic mass is 9.83. The van der Waals surface area contributed by atoms with Crippen LogP contribution in [0.25, 0.3) is 0 Å². The van der Waals surface area contributed by atoms with E-state index in [4.69, 9.17) is 5.73 Å². The quantitative estimate of drug-likeness (QED) is 0.855. The van der Waals surface area contributed by atoms with Crippen molar-refractivity contribution in [1.82, 2.24) is 10.2 Å². The maximum Gasteiger partial charge on any atom is 0.155 e. The van der Waals surface area contributed by atoms with Crippen molar-refractivity contribution in [2.45, 2.75) is 25.2 Å². The second kappa shape index (κ2) is 4.88. The van der Waals surface area contributed by atoms with E-state index in [1.54, 1.807) is 0 Å². The molecule has 0 aliphatic heterocycles. The molecule has 1 fully saturated rings. The molecular weight excluding hydrogens is 236 g/mol. The fraction of sp³-hybridized carbons (Fsp3) is 0.333. The third kappa shape index (κ3) is 2.38. The van der Waals surface area contributed by atoms with Gasteiger partial charge >= 0.3 is 0 Å². The van der Waals surface area contributed by atoms with Gasteiger partial charge in [-0.2, -0.15) is 5.10 Å². The fourth-order valence-electron chi connectivity index (χ4n) is 2.27. The Balaban J connectivity index is 1.79. The number of aromatic nitrogens is 2. The third-order valence-corrected chi connectivity index (χ3v) is 3.82. The average Bonchev–Trinajstić information content (AvgIpc) is 2.38. The van der Waals surface area contributed by atoms with E-state index >= 15 is 0 Å². The Morgan fingerprint density at radius 3 is 2.32 bits per heavy atom. The van der Waals surface area contributed by atoms with E-state index in [1.165, 1.54) is 19.3 Å². The van der Waals surface area contributed by atoms with Crippen molar-refractivity contribution in [2.75, 3.05) is 17.7 Å². The number of hydrogen-bond acceptors (Lipinski definition) is 4. The molecule has 0 spiro atoms. The summed E-state index contributed by atoms with van der Waals surface area (Å²) in [6, 6.07) is 11.9. The maximum absolute atomic E-state index is 5.69. The van der Waals surface area contributed by atoms with Gasteiger partial charge in [-0.25, -0.2) is 0 Å². The lowest BCUT2D eigenvalue weighted by Crippen LogP contribution is -2.15. The fourth-order valence-corrected chi connectivity index (χ4v) is 2.27. The highest BCUT2D eigenvalue weighted by Crippen LogP contribution is 2.35. The van der Waals surface area contributed by atoms with E-state index in [-0.39, 0.29) is 0 Å². The molecule has 0 amide bonds. The van der Waals surface area contributed by atoms with Gasteiger partial charge in [0.1, 0.15) is 0 Å². The Morgan fingerprint density at radius 2 is 1.79 bits per heavy atom. The SMILES string of the molecule is CN(c1ccc(N)cc1)c1ccc(C2CCC2)nn1. The topological polar surface area (TPSA) is 55.0 Å². The van der Waals surface area contributed by atoms with Gasteiger partial charge in [-0.3, -0.25) is 0 Å². The van der Waals surface area contributed by atoms with Gasteiger partial charge in [-0.1, -0.05) is 6.42 Å². The minimum Gasteiger partial charge on any atom is -0.399 e. The zero-order chi connectivity index (χ0) is 13.2. The summed E-state index contributed by atoms with van der Waals surface area (Å²) >= 11 is 0. The average molecular weight is 254 g/mol. The van der Waals surface area contributed by atoms with Crippen LogP contribution in [-0.4, -0.2) is 17.2 Å². The first-order valence-electron chi connectivity index (χ1n) is 6.67. The van der Waals surface area contributed by atoms with Gasteiger partial charge < -0.3 is 10.6 Å². The second-order valence-corrected chi connectivity index (χ2v) is 5.09. The van der Waals surface area contributed by atoms with Crippen molar-refractivity contribution in [3.8, 4) is 0 Å². The molecule has 1 saturated carbocycles. The van der Waals surface area contributed by atoms with Gasteiger partial charge in [-0.15, -0.1) is 5.10 Å². The minimum absolute atomic E-state index is 0.628. The van der Waals surface area contributed by atoms with E-state index in [1.807, 2.05) is 42.3 Å². The van der Waals surface area contributed by atoms with Crippen LogP contribution in [0.2, 0.25) is 0 Å². The lowest BCUT2D eigenvalue weighted by Gasteiger charge is -2.25. The Bertz CT molecular complexity index is 543. The predicted octanol–water partition coefficient (Wildman–Crippen LogP) is 3.09. The summed E-state index contributed by atoms with van der Waals surface area (Å²) in [6.07, 6.45) is 3.82. The smallest absolute Gasteiger partial charge is 0.155 e. The van der Waals surface area contributed by atoms with Crippen LogP contribution in [0.4, 0.5) is 17.2 Å². The third-order valence-electron chi connectivity index (χ3n) is 3.82. The van der Waals surface area contributed by atoms with Crippen molar-refractivity contribution in [1.29, 1.82) is 0 Å². The van der Waals surface area contributed by atoms with Gasteiger partial charge in [-0.05, 0) is 49.2 Å². The van der Waals surface area contributed by atoms with Crippen molar-refractivity contribution in [3.63, 3.8) is 0 Å². The zero-order valence-corrected chi connectivity index (χ0v) is 11.1. The molecule has 0 radical (unpaired) electrons. The van der Waals surface area contributed by atoms with E-state index in [0.29, 0.717) is 5.92 Å². The zero-order valence-electron chi connectivity index (χ0n) is 11.1. The van der Waals surface area contributed by atoms with Crippen molar-refractivity contribution in [3.05, 3.63) is 42.1 Å². The maximum atomic E-state index is 5.69. The number of rotatable bonds is 3. The molecule has 4 heteroatoms. The number of anilines is 3. The first-order valence-corrected chi connectivity index (χ1v) is 6.67. The van der Waals surface area contributed by atoms with Gasteiger partial charge in [0.15, 0.2) is 5.82 Å². The van der Waals surface area contributed by atoms with E-state index in [2.05, 4.69) is 16.3 Å². The monoisotopic (exact) mass is 254 g/mol. The summed E-state index contributed by atoms with van der Waals surface area (Å²) in [6.45, 7) is 0. The van der Waals surface area contributed by atoms with E-state index in [0.717, 1.165) is 22.9 Å². The summed E-state index contributed by atoms with van der Waals surface area (Å²) in [7, 11) is 1.98. The van der Waals surface area contributed by atoms with Crippen LogP contribution >= 0.6 is 0 Å². The molecular formula is C15H18N4. The highest BCUT2D eigenvalue weighted by Gasteiger charge is 2.21. The Morgan fingerprint density at radius 1 is 1.05 bits per heavy atom. The summed E-state index contributed by atoms with van der Waals surface area (Å²) in [5.41, 5.74) is 8.64. The number of nitrogen functional groups attached to an aromatic ring is 1. The molecule has 3 rings (SSSR count). The number of benzene rings is 1. The minimum atomic E-state index is 0.628. The summed E-state index contributed by atoms with van der Waals surface area (Å²) in [5.74, 6) is 1.48. The first kappa shape index (κ1) is 12.0. The molecule has 1 aromatic carbocycles. The Hall–Kier alpha value is -2.10. The Labute approximate surface area is 113 Å². The summed E-state index contributed by atoms with van der Waals surface area (Å²) in [5, 5.41) is 8.67. The highest BCUT2D eigenvalue weighted by atomic mass is 15.2. The van der Waals surface area contributed by atoms with E-state index < -0.39 is 0 Å². The van der Waals surface area contributed by atoms with Crippen LogP contribution in [0, 0.1) is 0 Å². The summed E-state index contributed by atoms with van der Waals surface area (Å²) < 4.78 is 0. The molecule has 19 heavy (non-hydrogen) atoms. The van der Waals surface area contributed by atoms with Gasteiger partial charge in [0.2, 0.25) is 0 Å². The standard InChI is InChI=1S/C15H18N4/c1-19(13-7-5-12(16)6-8-13)15-10-9-14(17-18-15)11-3-2-4-11/h5-11H,2-4,16H2,1H3. The Kier molecular flexibility index (Phi) is 3.07. The molecule has 4 nitrogen and oxygen atoms in total. The van der Waals surface area contributed by atoms with Crippen LogP contribution in [0.1, 0.15) is 30.9 Å². The molecule has 1 aliphatic carbocycles. The van der Waals surface area contributed by atoms with Crippen molar-refractivity contribution in [2.24, 2.45) is 0 Å². The molecule has 1 aliphatic rings. The van der Waals surface area contributed by atoms with Crippen LogP contribution in [0.3, 0.4) is 0 Å². The first-order chi connectivity index (χ1) is 9.24. The number of hydrogen-bond donors (Lipinski definition) is 1. The molecule has 2 aromatic rings. The second-order valence-electron chi connectivity index (χ2n) is 5.09. The molecule has 0 atom stereocenters. The van der Waals surface area contributed by atoms with E-state index in [9.17, 15) is 0 Å². The molecule has 0 bridgehead atoms. The molecule has 98 valence electrons. The van der Waals surface area contributed by atoms with Crippen LogP contribution < -0.4 is 10.6 Å². The molecule has 2 N–H and O–H groups in total. The van der Waals surface area contributed by atoms with Crippen LogP contribution in [0.15, 0.2) is 36.4 Å². The molecule has 1 heterocycles. The number of nitrogens with zero attached hydrogens (tertiary/aromatic N) is 3. The van der Waals surface area contributed by atoms with Crippen molar-refractivity contribution >= 4 is 17.2 Å². The van der Waals surface area contributed by atoms with Gasteiger partial charge in [0, 0.05) is 24.3 Å². The number of nitrogens with two attached hydrogens (primary N) is 1. The largest absolute Gasteiger partial charge is 0.399 e. The van der Waals surface area contributed by atoms with Gasteiger partial charge in [0.05, 0.1) is 5.69 Å². The highest BCUT2D eigenvalue weighted by molar-refractivity contribution is 5.61. The molecule has 0 saturated heterocycles. The normalized spacial score (nSPS) is 15.0. The molecule has 0 unspecified atom stereocenters. The van der Waals surface area contributed by atoms with Gasteiger partial charge in [0.25, 0.3) is 0 Å².